The molecule has 1 aromatic heterocycles. The maximum Gasteiger partial charge on any atom is 0.300 e. The average Bonchev–Trinajstić information content (AvgIpc) is 2.76. The fourth-order valence-corrected chi connectivity index (χ4v) is 3.76. The number of sulfone groups is 1. The predicted octanol–water partition coefficient (Wildman–Crippen LogP) is -0.0516. The highest BCUT2D eigenvalue weighted by atomic mass is 32.2. The Morgan fingerprint density at radius 2 is 2.24 bits per heavy atom. The fraction of sp³-hybridized carbons (Fsp3) is 0.455. The van der Waals surface area contributed by atoms with Gasteiger partial charge in [0.25, 0.3) is 11.6 Å². The second-order valence-corrected chi connectivity index (χ2v) is 6.90. The number of carbonyl (C=O) groups is 1. The van der Waals surface area contributed by atoms with Gasteiger partial charge in [0.1, 0.15) is 17.6 Å². The first kappa shape index (κ1) is 15.2. The number of pyridine rings is 1. The average molecular weight is 314 g/mol. The largest absolute Gasteiger partial charge is 0.373 e. The van der Waals surface area contributed by atoms with Crippen molar-refractivity contribution >= 4 is 27.2 Å². The summed E-state index contributed by atoms with van der Waals surface area (Å²) >= 11 is 0. The van der Waals surface area contributed by atoms with Crippen LogP contribution >= 0.6 is 0 Å². The van der Waals surface area contributed by atoms with Gasteiger partial charge in [-0.25, -0.2) is 13.4 Å². The van der Waals surface area contributed by atoms with Crippen LogP contribution in [0.2, 0.25) is 0 Å². The number of hydrogen-bond acceptors (Lipinski definition) is 7. The molecule has 2 rings (SSSR count). The van der Waals surface area contributed by atoms with E-state index in [0.717, 1.165) is 6.20 Å². The van der Waals surface area contributed by atoms with E-state index < -0.39 is 32.4 Å². The summed E-state index contributed by atoms with van der Waals surface area (Å²) in [5.41, 5.74) is -0.573. The molecule has 9 nitrogen and oxygen atoms in total. The van der Waals surface area contributed by atoms with E-state index in [0.29, 0.717) is 12.2 Å². The van der Waals surface area contributed by atoms with Crippen LogP contribution in [0.5, 0.6) is 0 Å². The quantitative estimate of drug-likeness (QED) is 0.588. The minimum Gasteiger partial charge on any atom is -0.373 e. The molecular weight excluding hydrogens is 300 g/mol. The van der Waals surface area contributed by atoms with Crippen molar-refractivity contribution < 1.29 is 18.1 Å². The van der Waals surface area contributed by atoms with Crippen molar-refractivity contribution in [3.8, 4) is 0 Å². The molecule has 1 atom stereocenters. The van der Waals surface area contributed by atoms with E-state index >= 15 is 0 Å². The monoisotopic (exact) mass is 314 g/mol. The van der Waals surface area contributed by atoms with Crippen LogP contribution < -0.4 is 10.6 Å². The zero-order chi connectivity index (χ0) is 15.6. The number of carbonyl (C=O) groups excluding carboxylic acids is 1. The molecule has 1 aromatic rings. The lowest BCUT2D eigenvalue weighted by atomic mass is 10.2. The number of nitrogens with one attached hydrogen (secondary N) is 2. The number of nitrogens with zero attached hydrogens (tertiary/aromatic N) is 2. The van der Waals surface area contributed by atoms with Crippen molar-refractivity contribution in [3.63, 3.8) is 0 Å². The van der Waals surface area contributed by atoms with E-state index in [9.17, 15) is 23.3 Å². The van der Waals surface area contributed by atoms with Gasteiger partial charge in [-0.15, -0.1) is 0 Å². The van der Waals surface area contributed by atoms with Crippen molar-refractivity contribution in [2.24, 2.45) is 0 Å². The van der Waals surface area contributed by atoms with Crippen LogP contribution in [0.4, 0.5) is 11.5 Å². The van der Waals surface area contributed by atoms with E-state index in [1.54, 1.807) is 7.05 Å². The van der Waals surface area contributed by atoms with Crippen LogP contribution in [0.3, 0.4) is 0 Å². The summed E-state index contributed by atoms with van der Waals surface area (Å²) < 4.78 is 22.7. The van der Waals surface area contributed by atoms with Crippen molar-refractivity contribution in [1.29, 1.82) is 0 Å². The maximum atomic E-state index is 12.1. The van der Waals surface area contributed by atoms with Crippen molar-refractivity contribution in [2.45, 2.75) is 12.5 Å². The third-order valence-corrected chi connectivity index (χ3v) is 4.92. The minimum absolute atomic E-state index is 0.0121. The van der Waals surface area contributed by atoms with Gasteiger partial charge in [-0.1, -0.05) is 0 Å². The molecule has 1 saturated heterocycles. The second-order valence-electron chi connectivity index (χ2n) is 4.67. The first-order chi connectivity index (χ1) is 9.82. The standard InChI is InChI=1S/C11H14N4O5S/c1-12-10-4-8(9(5-13-10)15(17)18)11(16)14-7-2-3-21(19,20)6-7/h4-5,7H,2-3,6H2,1H3,(H,12,13)(H,14,16). The lowest BCUT2D eigenvalue weighted by molar-refractivity contribution is -0.385. The fourth-order valence-electron chi connectivity index (χ4n) is 2.08. The summed E-state index contributed by atoms with van der Waals surface area (Å²) in [6, 6.07) is 0.741. The highest BCUT2D eigenvalue weighted by molar-refractivity contribution is 7.91. The molecule has 1 aliphatic rings. The van der Waals surface area contributed by atoms with Gasteiger partial charge >= 0.3 is 0 Å². The van der Waals surface area contributed by atoms with Crippen LogP contribution in [0.25, 0.3) is 0 Å². The Labute approximate surface area is 120 Å². The molecule has 0 saturated carbocycles. The first-order valence-electron chi connectivity index (χ1n) is 6.16. The van der Waals surface area contributed by atoms with Crippen LogP contribution in [-0.2, 0) is 9.84 Å². The van der Waals surface area contributed by atoms with E-state index in [2.05, 4.69) is 15.6 Å². The highest BCUT2D eigenvalue weighted by Crippen LogP contribution is 2.21. The first-order valence-corrected chi connectivity index (χ1v) is 7.98. The van der Waals surface area contributed by atoms with Gasteiger partial charge in [0.05, 0.1) is 16.4 Å². The number of hydrogen-bond donors (Lipinski definition) is 2. The van der Waals surface area contributed by atoms with Gasteiger partial charge < -0.3 is 10.6 Å². The van der Waals surface area contributed by atoms with Gasteiger partial charge in [-0.3, -0.25) is 14.9 Å². The molecule has 0 aliphatic carbocycles. The topological polar surface area (TPSA) is 131 Å². The van der Waals surface area contributed by atoms with Gasteiger partial charge in [0.15, 0.2) is 9.84 Å². The second kappa shape index (κ2) is 5.64. The predicted molar refractivity (Wildman–Crippen MR) is 75.0 cm³/mol. The zero-order valence-electron chi connectivity index (χ0n) is 11.2. The highest BCUT2D eigenvalue weighted by Gasteiger charge is 2.31. The molecule has 0 spiro atoms. The number of rotatable bonds is 4. The summed E-state index contributed by atoms with van der Waals surface area (Å²) in [5.74, 6) is -0.498. The number of anilines is 1. The smallest absolute Gasteiger partial charge is 0.300 e. The van der Waals surface area contributed by atoms with Crippen LogP contribution in [0.15, 0.2) is 12.3 Å². The normalized spacial score (nSPS) is 20.0. The molecule has 0 radical (unpaired) electrons. The third kappa shape index (κ3) is 3.45. The summed E-state index contributed by atoms with van der Waals surface area (Å²) in [6.45, 7) is 0. The van der Waals surface area contributed by atoms with Crippen molar-refractivity contribution in [2.75, 3.05) is 23.9 Å². The Morgan fingerprint density at radius 1 is 1.52 bits per heavy atom. The molecule has 2 N–H and O–H groups in total. The number of nitro groups is 1. The Balaban J connectivity index is 2.24. The Morgan fingerprint density at radius 3 is 2.76 bits per heavy atom. The van der Waals surface area contributed by atoms with Gasteiger partial charge in [0.2, 0.25) is 0 Å². The van der Waals surface area contributed by atoms with Crippen LogP contribution in [-0.4, -0.2) is 48.8 Å². The van der Waals surface area contributed by atoms with Crippen molar-refractivity contribution in [3.05, 3.63) is 27.9 Å². The lowest BCUT2D eigenvalue weighted by Crippen LogP contribution is -2.36. The molecule has 1 unspecified atom stereocenters. The molecule has 1 amide bonds. The van der Waals surface area contributed by atoms with Crippen molar-refractivity contribution in [1.82, 2.24) is 10.3 Å². The molecule has 0 bridgehead atoms. The summed E-state index contributed by atoms with van der Waals surface area (Å²) in [4.78, 5) is 26.2. The van der Waals surface area contributed by atoms with E-state index in [4.69, 9.17) is 0 Å². The zero-order valence-corrected chi connectivity index (χ0v) is 12.0. The van der Waals surface area contributed by atoms with E-state index in [1.807, 2.05) is 0 Å². The Bertz CT molecular complexity index is 688. The lowest BCUT2D eigenvalue weighted by Gasteiger charge is -2.11. The van der Waals surface area contributed by atoms with Gasteiger partial charge in [0, 0.05) is 19.2 Å². The molecule has 1 fully saturated rings. The molecule has 114 valence electrons. The maximum absolute atomic E-state index is 12.1. The number of aromatic nitrogens is 1. The SMILES string of the molecule is CNc1cc(C(=O)NC2CCS(=O)(=O)C2)c([N+](=O)[O-])cn1. The molecule has 21 heavy (non-hydrogen) atoms. The number of amides is 1. The van der Waals surface area contributed by atoms with E-state index in [1.165, 1.54) is 6.07 Å². The molecular formula is C11H14N4O5S. The van der Waals surface area contributed by atoms with Gasteiger partial charge in [-0.05, 0) is 6.42 Å². The third-order valence-electron chi connectivity index (χ3n) is 3.15. The Hall–Kier alpha value is -2.23. The molecule has 10 heteroatoms. The van der Waals surface area contributed by atoms with Crippen LogP contribution in [0, 0.1) is 10.1 Å². The Kier molecular flexibility index (Phi) is 4.07. The van der Waals surface area contributed by atoms with Crippen LogP contribution in [0.1, 0.15) is 16.8 Å². The van der Waals surface area contributed by atoms with E-state index in [-0.39, 0.29) is 17.1 Å². The minimum atomic E-state index is -3.14. The summed E-state index contributed by atoms with van der Waals surface area (Å²) in [7, 11) is -1.57. The molecule has 1 aliphatic heterocycles. The summed E-state index contributed by atoms with van der Waals surface area (Å²) in [5, 5.41) is 16.1. The molecule has 0 aromatic carbocycles. The van der Waals surface area contributed by atoms with Gasteiger partial charge in [-0.2, -0.15) is 0 Å². The summed E-state index contributed by atoms with van der Waals surface area (Å²) in [6.07, 6.45) is 1.30. The molecule has 2 heterocycles.